The summed E-state index contributed by atoms with van der Waals surface area (Å²) in [5.41, 5.74) is 5.21. The van der Waals surface area contributed by atoms with Gasteiger partial charge in [-0.1, -0.05) is 51.7 Å². The van der Waals surface area contributed by atoms with Gasteiger partial charge in [-0.05, 0) is 12.1 Å². The number of pyridine rings is 1. The molecule has 14 heteroatoms. The molecule has 9 nitrogen and oxygen atoms in total. The Bertz CT molecular complexity index is 1160. The van der Waals surface area contributed by atoms with Crippen LogP contribution in [0.4, 0.5) is 16.1 Å². The van der Waals surface area contributed by atoms with Crippen molar-refractivity contribution in [2.24, 2.45) is 0 Å². The Hall–Kier alpha value is -2.60. The Morgan fingerprint density at radius 2 is 1.48 bits per heavy atom. The van der Waals surface area contributed by atoms with E-state index in [1.165, 1.54) is 52.6 Å². The molecular weight excluding hydrogens is 485 g/mol. The first-order valence-corrected chi connectivity index (χ1v) is 10.5. The van der Waals surface area contributed by atoms with Gasteiger partial charge in [-0.25, -0.2) is 19.9 Å². The molecule has 31 heavy (non-hydrogen) atoms. The van der Waals surface area contributed by atoms with Crippen LogP contribution in [-0.2, 0) is 0 Å². The molecule has 0 fully saturated rings. The SMILES string of the molecule is N#Cc1cnc(Cl)s1.N#Cc1cnc(N)s1.N#Cc1cnc(Nc2ccccn2)s1.[H-].[Na+]. The van der Waals surface area contributed by atoms with Gasteiger partial charge in [0.05, 0.1) is 18.6 Å². The van der Waals surface area contributed by atoms with E-state index in [0.29, 0.717) is 29.4 Å². The zero-order chi connectivity index (χ0) is 21.8. The maximum atomic E-state index is 8.59. The number of nitrogens with two attached hydrogens (primary N) is 1. The third-order valence-electron chi connectivity index (χ3n) is 2.74. The van der Waals surface area contributed by atoms with Crippen molar-refractivity contribution in [1.82, 2.24) is 19.9 Å². The average Bonchev–Trinajstić information content (AvgIpc) is 3.51. The zero-order valence-corrected chi connectivity index (χ0v) is 21.1. The molecule has 0 aliphatic rings. The van der Waals surface area contributed by atoms with Crippen molar-refractivity contribution >= 4 is 61.7 Å². The number of aromatic nitrogens is 4. The fourth-order valence-electron chi connectivity index (χ4n) is 1.57. The molecule has 0 aliphatic heterocycles. The van der Waals surface area contributed by atoms with Crippen LogP contribution >= 0.6 is 45.6 Å². The van der Waals surface area contributed by atoms with Crippen LogP contribution in [0.25, 0.3) is 0 Å². The molecule has 0 saturated carbocycles. The Kier molecular flexibility index (Phi) is 12.3. The van der Waals surface area contributed by atoms with Crippen molar-refractivity contribution in [2.75, 3.05) is 11.1 Å². The van der Waals surface area contributed by atoms with Crippen molar-refractivity contribution in [3.8, 4) is 18.2 Å². The number of nitrogens with one attached hydrogen (secondary N) is 1. The molecular formula is C17H11ClN9NaS3. The predicted octanol–water partition coefficient (Wildman–Crippen LogP) is 1.54. The quantitative estimate of drug-likeness (QED) is 0.393. The molecule has 0 spiro atoms. The van der Waals surface area contributed by atoms with Gasteiger partial charge in [0.25, 0.3) is 0 Å². The summed E-state index contributed by atoms with van der Waals surface area (Å²) in [5.74, 6) is 0.728. The van der Waals surface area contributed by atoms with Gasteiger partial charge in [0.1, 0.15) is 38.7 Å². The van der Waals surface area contributed by atoms with E-state index in [9.17, 15) is 0 Å². The van der Waals surface area contributed by atoms with E-state index in [1.54, 1.807) is 6.20 Å². The minimum Gasteiger partial charge on any atom is -1.00 e. The Morgan fingerprint density at radius 1 is 0.871 bits per heavy atom. The van der Waals surface area contributed by atoms with Crippen LogP contribution < -0.4 is 40.6 Å². The van der Waals surface area contributed by atoms with Crippen LogP contribution in [0.2, 0.25) is 4.47 Å². The maximum absolute atomic E-state index is 8.59. The first-order valence-electron chi connectivity index (χ1n) is 7.71. The molecule has 0 aliphatic carbocycles. The molecule has 3 N–H and O–H groups in total. The van der Waals surface area contributed by atoms with Gasteiger partial charge in [-0.15, -0.1) is 0 Å². The first-order chi connectivity index (χ1) is 14.5. The summed E-state index contributed by atoms with van der Waals surface area (Å²) in [4.78, 5) is 17.1. The van der Waals surface area contributed by atoms with E-state index in [0.717, 1.165) is 5.82 Å². The number of nitrogens with zero attached hydrogens (tertiary/aromatic N) is 7. The minimum atomic E-state index is 0. The summed E-state index contributed by atoms with van der Waals surface area (Å²) < 4.78 is 0.418. The van der Waals surface area contributed by atoms with E-state index in [1.807, 2.05) is 36.4 Å². The molecule has 0 amide bonds. The number of nitriles is 3. The van der Waals surface area contributed by atoms with Crippen LogP contribution in [0.1, 0.15) is 16.1 Å². The summed E-state index contributed by atoms with van der Waals surface area (Å²) >= 11 is 9.07. The van der Waals surface area contributed by atoms with Gasteiger partial charge >= 0.3 is 29.6 Å². The Labute approximate surface area is 218 Å². The molecule has 0 radical (unpaired) electrons. The van der Waals surface area contributed by atoms with Crippen molar-refractivity contribution < 1.29 is 31.0 Å². The van der Waals surface area contributed by atoms with Crippen molar-refractivity contribution in [3.05, 3.63) is 62.1 Å². The van der Waals surface area contributed by atoms with E-state index in [-0.39, 0.29) is 31.0 Å². The molecule has 4 rings (SSSR count). The average molecular weight is 496 g/mol. The van der Waals surface area contributed by atoms with Crippen molar-refractivity contribution in [2.45, 2.75) is 0 Å². The number of anilines is 3. The van der Waals surface area contributed by atoms with Gasteiger partial charge in [0, 0.05) is 6.20 Å². The largest absolute Gasteiger partial charge is 1.00 e. The topological polar surface area (TPSA) is 161 Å². The molecule has 4 aromatic heterocycles. The van der Waals surface area contributed by atoms with Gasteiger partial charge in [-0.2, -0.15) is 15.8 Å². The smallest absolute Gasteiger partial charge is 1.00 e. The van der Waals surface area contributed by atoms with E-state index in [4.69, 9.17) is 33.1 Å². The molecule has 0 aromatic carbocycles. The summed E-state index contributed by atoms with van der Waals surface area (Å²) in [6.45, 7) is 0. The third kappa shape index (κ3) is 9.83. The summed E-state index contributed by atoms with van der Waals surface area (Å²) in [6, 6.07) is 11.4. The molecule has 0 saturated heterocycles. The second kappa shape index (κ2) is 14.4. The number of nitrogen functional groups attached to an aromatic ring is 1. The van der Waals surface area contributed by atoms with E-state index in [2.05, 4.69) is 25.3 Å². The van der Waals surface area contributed by atoms with E-state index >= 15 is 0 Å². The molecule has 4 heterocycles. The normalized spacial score (nSPS) is 8.58. The number of hydrogen-bond acceptors (Lipinski definition) is 12. The standard InChI is InChI=1S/C9H6N4S.C4HClN2S.C4H3N3S.Na.H/c10-5-7-6-12-9(14-7)13-8-3-1-2-4-11-8;5-4-7-2-3(1-6)8-4;5-1-3-2-7-4(6)8-3;;/h1-4,6H,(H,11,12,13);2H;2H,(H2,6,7);;/q;;;+1;-1. The van der Waals surface area contributed by atoms with Crippen LogP contribution in [0.15, 0.2) is 43.0 Å². The van der Waals surface area contributed by atoms with Crippen LogP contribution in [0, 0.1) is 34.0 Å². The Morgan fingerprint density at radius 3 is 1.90 bits per heavy atom. The number of halogens is 1. The summed E-state index contributed by atoms with van der Waals surface area (Å²) in [5, 5.41) is 29.2. The van der Waals surface area contributed by atoms with Gasteiger partial charge in [0.15, 0.2) is 14.7 Å². The number of rotatable bonds is 2. The second-order valence-corrected chi connectivity index (χ2v) is 8.45. The first kappa shape index (κ1) is 26.4. The van der Waals surface area contributed by atoms with Crippen LogP contribution in [-0.4, -0.2) is 19.9 Å². The van der Waals surface area contributed by atoms with Gasteiger partial charge in [-0.3, -0.25) is 0 Å². The number of thiazole rings is 3. The zero-order valence-electron chi connectivity index (χ0n) is 16.9. The summed E-state index contributed by atoms with van der Waals surface area (Å²) in [7, 11) is 0. The van der Waals surface area contributed by atoms with Crippen molar-refractivity contribution in [1.29, 1.82) is 15.8 Å². The molecule has 0 atom stereocenters. The van der Waals surface area contributed by atoms with Gasteiger partial charge in [0.2, 0.25) is 0 Å². The molecule has 150 valence electrons. The predicted molar refractivity (Wildman–Crippen MR) is 119 cm³/mol. The monoisotopic (exact) mass is 495 g/mol. The van der Waals surface area contributed by atoms with Crippen molar-refractivity contribution in [3.63, 3.8) is 0 Å². The number of hydrogen-bond donors (Lipinski definition) is 2. The molecule has 4 aromatic rings. The molecule has 0 unspecified atom stereocenters. The molecule has 0 bridgehead atoms. The Balaban J connectivity index is 0.000000465. The fraction of sp³-hybridized carbons (Fsp3) is 0. The third-order valence-corrected chi connectivity index (χ3v) is 5.31. The fourth-order valence-corrected chi connectivity index (χ4v) is 3.41. The van der Waals surface area contributed by atoms with Crippen LogP contribution in [0.5, 0.6) is 0 Å². The van der Waals surface area contributed by atoms with Crippen LogP contribution in [0.3, 0.4) is 0 Å². The van der Waals surface area contributed by atoms with Gasteiger partial charge < -0.3 is 12.5 Å². The maximum Gasteiger partial charge on any atom is 1.00 e. The van der Waals surface area contributed by atoms with E-state index < -0.39 is 0 Å². The summed E-state index contributed by atoms with van der Waals surface area (Å²) in [6.07, 6.45) is 6.14. The second-order valence-electron chi connectivity index (χ2n) is 4.75. The minimum absolute atomic E-state index is 0.